The molecule has 2 aromatic rings. The number of nitrogens with one attached hydrogen (secondary N) is 1. The molecule has 1 heterocycles. The van der Waals surface area contributed by atoms with Gasteiger partial charge in [0.15, 0.2) is 5.78 Å². The van der Waals surface area contributed by atoms with E-state index in [4.69, 9.17) is 4.74 Å². The quantitative estimate of drug-likeness (QED) is 0.631. The zero-order chi connectivity index (χ0) is 16.1. The second-order valence-corrected chi connectivity index (χ2v) is 5.55. The zero-order valence-corrected chi connectivity index (χ0v) is 13.8. The molecule has 1 aromatic carbocycles. The van der Waals surface area contributed by atoms with Gasteiger partial charge in [-0.25, -0.2) is 0 Å². The third-order valence-corrected chi connectivity index (χ3v) is 3.79. The van der Waals surface area contributed by atoms with Gasteiger partial charge in [-0.3, -0.25) is 4.79 Å². The molecule has 1 N–H and O–H groups in total. The Bertz CT molecular complexity index is 642. The van der Waals surface area contributed by atoms with Crippen LogP contribution in [0.1, 0.15) is 27.3 Å². The predicted molar refractivity (Wildman–Crippen MR) is 89.1 cm³/mol. The summed E-state index contributed by atoms with van der Waals surface area (Å²) in [4.78, 5) is 12.4. The minimum Gasteiger partial charge on any atom is -0.383 e. The van der Waals surface area contributed by atoms with E-state index in [1.807, 2.05) is 19.9 Å². The van der Waals surface area contributed by atoms with Crippen LogP contribution in [0, 0.1) is 20.8 Å². The molecule has 0 unspecified atom stereocenters. The molecule has 0 aliphatic heterocycles. The first-order valence-corrected chi connectivity index (χ1v) is 7.53. The lowest BCUT2D eigenvalue weighted by molar-refractivity contribution is 0.0987. The van der Waals surface area contributed by atoms with Crippen LogP contribution in [0.25, 0.3) is 5.69 Å². The number of ketones is 1. The van der Waals surface area contributed by atoms with Gasteiger partial charge in [0.25, 0.3) is 0 Å². The van der Waals surface area contributed by atoms with Crippen LogP contribution in [0.5, 0.6) is 0 Å². The molecule has 0 saturated carbocycles. The molecule has 4 heteroatoms. The topological polar surface area (TPSA) is 43.3 Å². The second-order valence-electron chi connectivity index (χ2n) is 5.55. The number of benzene rings is 1. The Morgan fingerprint density at radius 1 is 1.18 bits per heavy atom. The van der Waals surface area contributed by atoms with Crippen molar-refractivity contribution < 1.29 is 9.53 Å². The maximum absolute atomic E-state index is 12.4. The lowest BCUT2D eigenvalue weighted by atomic mass is 10.1. The van der Waals surface area contributed by atoms with Crippen molar-refractivity contribution in [2.45, 2.75) is 20.8 Å². The Kier molecular flexibility index (Phi) is 5.52. The van der Waals surface area contributed by atoms with Crippen LogP contribution in [0.4, 0.5) is 0 Å². The van der Waals surface area contributed by atoms with Crippen molar-refractivity contribution in [2.24, 2.45) is 0 Å². The molecule has 118 valence electrons. The normalized spacial score (nSPS) is 10.9. The summed E-state index contributed by atoms with van der Waals surface area (Å²) in [6, 6.07) is 10.3. The molecule has 0 saturated heterocycles. The van der Waals surface area contributed by atoms with Gasteiger partial charge < -0.3 is 14.6 Å². The smallest absolute Gasteiger partial charge is 0.178 e. The van der Waals surface area contributed by atoms with Gasteiger partial charge in [-0.2, -0.15) is 0 Å². The predicted octanol–water partition coefficient (Wildman–Crippen LogP) is 2.82. The number of nitrogens with zero attached hydrogens (tertiary/aromatic N) is 1. The summed E-state index contributed by atoms with van der Waals surface area (Å²) in [5.41, 5.74) is 5.15. The maximum Gasteiger partial charge on any atom is 0.178 e. The fourth-order valence-electron chi connectivity index (χ4n) is 2.61. The van der Waals surface area contributed by atoms with Crippen molar-refractivity contribution in [3.63, 3.8) is 0 Å². The number of ether oxygens (including phenoxy) is 1. The largest absolute Gasteiger partial charge is 0.383 e. The fourth-order valence-corrected chi connectivity index (χ4v) is 2.61. The lowest BCUT2D eigenvalue weighted by Crippen LogP contribution is -2.26. The number of carbonyl (C=O) groups excluding carboxylic acids is 1. The van der Waals surface area contributed by atoms with E-state index >= 15 is 0 Å². The third-order valence-electron chi connectivity index (χ3n) is 3.79. The number of Topliss-reactive ketones (excluding diaryl/α,β-unsaturated/α-hetero) is 1. The van der Waals surface area contributed by atoms with Crippen LogP contribution in [0.2, 0.25) is 0 Å². The zero-order valence-electron chi connectivity index (χ0n) is 13.8. The van der Waals surface area contributed by atoms with Crippen molar-refractivity contribution in [3.05, 3.63) is 52.8 Å². The number of hydrogen-bond acceptors (Lipinski definition) is 3. The highest BCUT2D eigenvalue weighted by Gasteiger charge is 2.16. The summed E-state index contributed by atoms with van der Waals surface area (Å²) in [6.07, 6.45) is 0. The molecule has 0 fully saturated rings. The van der Waals surface area contributed by atoms with Crippen molar-refractivity contribution in [1.29, 1.82) is 0 Å². The van der Waals surface area contributed by atoms with Gasteiger partial charge in [0.05, 0.1) is 13.2 Å². The molecule has 1 aromatic heterocycles. The van der Waals surface area contributed by atoms with Crippen LogP contribution in [-0.2, 0) is 4.74 Å². The van der Waals surface area contributed by atoms with Crippen molar-refractivity contribution in [2.75, 3.05) is 26.8 Å². The Hall–Kier alpha value is -1.91. The number of aromatic nitrogens is 1. The van der Waals surface area contributed by atoms with E-state index in [1.165, 1.54) is 5.56 Å². The van der Waals surface area contributed by atoms with Gasteiger partial charge in [-0.15, -0.1) is 0 Å². The first kappa shape index (κ1) is 16.5. The van der Waals surface area contributed by atoms with E-state index < -0.39 is 0 Å². The summed E-state index contributed by atoms with van der Waals surface area (Å²) >= 11 is 0. The summed E-state index contributed by atoms with van der Waals surface area (Å²) in [6.45, 7) is 7.72. The van der Waals surface area contributed by atoms with E-state index in [0.717, 1.165) is 22.6 Å². The van der Waals surface area contributed by atoms with Crippen molar-refractivity contribution >= 4 is 5.78 Å². The van der Waals surface area contributed by atoms with Crippen LogP contribution >= 0.6 is 0 Å². The minimum atomic E-state index is 0.113. The molecule has 0 bridgehead atoms. The Morgan fingerprint density at radius 2 is 1.86 bits per heavy atom. The lowest BCUT2D eigenvalue weighted by Gasteiger charge is -2.10. The van der Waals surface area contributed by atoms with Gasteiger partial charge in [0.2, 0.25) is 0 Å². The number of methoxy groups -OCH3 is 1. The maximum atomic E-state index is 12.4. The van der Waals surface area contributed by atoms with Crippen LogP contribution in [-0.4, -0.2) is 37.2 Å². The Balaban J connectivity index is 2.19. The first-order valence-electron chi connectivity index (χ1n) is 7.53. The van der Waals surface area contributed by atoms with E-state index in [0.29, 0.717) is 19.7 Å². The minimum absolute atomic E-state index is 0.113. The van der Waals surface area contributed by atoms with Crippen molar-refractivity contribution in [1.82, 2.24) is 9.88 Å². The molecule has 0 amide bonds. The standard InChI is InChI=1S/C18H24N2O2/c1-13-5-7-16(8-6-13)20-14(2)11-17(15(20)3)18(21)12-19-9-10-22-4/h5-8,11,19H,9-10,12H2,1-4H3. The highest BCUT2D eigenvalue weighted by atomic mass is 16.5. The van der Waals surface area contributed by atoms with Gasteiger partial charge in [0.1, 0.15) is 0 Å². The fraction of sp³-hybridized carbons (Fsp3) is 0.389. The molecule has 0 atom stereocenters. The Morgan fingerprint density at radius 3 is 2.50 bits per heavy atom. The van der Waals surface area contributed by atoms with Gasteiger partial charge in [0, 0.05) is 36.3 Å². The molecule has 4 nitrogen and oxygen atoms in total. The van der Waals surface area contributed by atoms with E-state index in [-0.39, 0.29) is 5.78 Å². The summed E-state index contributed by atoms with van der Waals surface area (Å²) in [5.74, 6) is 0.113. The van der Waals surface area contributed by atoms with E-state index in [2.05, 4.69) is 41.1 Å². The van der Waals surface area contributed by atoms with Crippen molar-refractivity contribution in [3.8, 4) is 5.69 Å². The van der Waals surface area contributed by atoms with Gasteiger partial charge in [-0.1, -0.05) is 17.7 Å². The molecule has 2 rings (SSSR count). The summed E-state index contributed by atoms with van der Waals surface area (Å²) < 4.78 is 7.09. The third kappa shape index (κ3) is 3.64. The monoisotopic (exact) mass is 300 g/mol. The van der Waals surface area contributed by atoms with Crippen LogP contribution in [0.15, 0.2) is 30.3 Å². The summed E-state index contributed by atoms with van der Waals surface area (Å²) in [7, 11) is 1.65. The molecular weight excluding hydrogens is 276 g/mol. The number of carbonyl (C=O) groups is 1. The summed E-state index contributed by atoms with van der Waals surface area (Å²) in [5, 5.41) is 3.10. The molecule has 0 aliphatic carbocycles. The Labute approximate surface area is 132 Å². The highest BCUT2D eigenvalue weighted by molar-refractivity contribution is 5.99. The van der Waals surface area contributed by atoms with Gasteiger partial charge >= 0.3 is 0 Å². The molecule has 0 spiro atoms. The first-order chi connectivity index (χ1) is 10.5. The van der Waals surface area contributed by atoms with Gasteiger partial charge in [-0.05, 0) is 39.0 Å². The van der Waals surface area contributed by atoms with E-state index in [1.54, 1.807) is 7.11 Å². The average Bonchev–Trinajstić information content (AvgIpc) is 2.80. The van der Waals surface area contributed by atoms with Crippen LogP contribution in [0.3, 0.4) is 0 Å². The SMILES string of the molecule is COCCNCC(=O)c1cc(C)n(-c2ccc(C)cc2)c1C. The highest BCUT2D eigenvalue weighted by Crippen LogP contribution is 2.21. The second kappa shape index (κ2) is 7.38. The number of hydrogen-bond donors (Lipinski definition) is 1. The average molecular weight is 300 g/mol. The molecule has 22 heavy (non-hydrogen) atoms. The number of rotatable bonds is 7. The molecule has 0 aliphatic rings. The number of aryl methyl sites for hydroxylation is 2. The molecule has 0 radical (unpaired) electrons. The molecular formula is C18H24N2O2. The van der Waals surface area contributed by atoms with Crippen LogP contribution < -0.4 is 5.32 Å². The van der Waals surface area contributed by atoms with E-state index in [9.17, 15) is 4.79 Å².